The van der Waals surface area contributed by atoms with Crippen molar-refractivity contribution in [3.8, 4) is 11.1 Å². The molecule has 88 valence electrons. The number of nitrogens with one attached hydrogen (secondary N) is 1. The standard InChI is InChI=1S/C11H5Cl4NO/c12-6-1-2-7(13)11(15)10(6)5-3-9(17)16-4-8(5)14/h1-4H,(H,16,17). The largest absolute Gasteiger partial charge is 0.328 e. The van der Waals surface area contributed by atoms with Gasteiger partial charge in [0.2, 0.25) is 5.56 Å². The van der Waals surface area contributed by atoms with E-state index >= 15 is 0 Å². The van der Waals surface area contributed by atoms with E-state index in [0.29, 0.717) is 26.2 Å². The van der Waals surface area contributed by atoms with Gasteiger partial charge in [0.25, 0.3) is 0 Å². The summed E-state index contributed by atoms with van der Waals surface area (Å²) in [6, 6.07) is 4.51. The molecule has 1 aromatic heterocycles. The first-order valence-corrected chi connectivity index (χ1v) is 6.04. The van der Waals surface area contributed by atoms with E-state index in [2.05, 4.69) is 4.98 Å². The molecule has 0 atom stereocenters. The number of hydrogen-bond acceptors (Lipinski definition) is 1. The van der Waals surface area contributed by atoms with E-state index in [9.17, 15) is 4.79 Å². The van der Waals surface area contributed by atoms with Crippen LogP contribution in [0.25, 0.3) is 11.1 Å². The van der Waals surface area contributed by atoms with Crippen molar-refractivity contribution in [1.82, 2.24) is 4.98 Å². The van der Waals surface area contributed by atoms with Gasteiger partial charge in [0.1, 0.15) is 0 Å². The fourth-order valence-electron chi connectivity index (χ4n) is 1.42. The van der Waals surface area contributed by atoms with Crippen molar-refractivity contribution >= 4 is 46.4 Å². The minimum atomic E-state index is -0.295. The SMILES string of the molecule is O=c1cc(-c2c(Cl)ccc(Cl)c2Cl)c(Cl)c[nH]1. The number of rotatable bonds is 1. The van der Waals surface area contributed by atoms with Crippen LogP contribution in [0.4, 0.5) is 0 Å². The third kappa shape index (κ3) is 2.45. The lowest BCUT2D eigenvalue weighted by Gasteiger charge is -2.09. The molecule has 17 heavy (non-hydrogen) atoms. The Labute approximate surface area is 117 Å². The lowest BCUT2D eigenvalue weighted by molar-refractivity contribution is 1.24. The van der Waals surface area contributed by atoms with Crippen LogP contribution in [-0.4, -0.2) is 4.98 Å². The zero-order valence-electron chi connectivity index (χ0n) is 8.23. The fraction of sp³-hybridized carbons (Fsp3) is 0. The van der Waals surface area contributed by atoms with Crippen LogP contribution >= 0.6 is 46.4 Å². The minimum Gasteiger partial charge on any atom is -0.328 e. The molecule has 0 saturated heterocycles. The Morgan fingerprint density at radius 2 is 1.59 bits per heavy atom. The molecular weight excluding hydrogens is 304 g/mol. The number of benzene rings is 1. The molecule has 1 heterocycles. The van der Waals surface area contributed by atoms with Crippen LogP contribution in [0.2, 0.25) is 20.1 Å². The summed E-state index contributed by atoms with van der Waals surface area (Å²) in [4.78, 5) is 13.7. The average Bonchev–Trinajstić information content (AvgIpc) is 2.29. The Hall–Kier alpha value is -0.670. The summed E-state index contributed by atoms with van der Waals surface area (Å²) < 4.78 is 0. The number of pyridine rings is 1. The number of hydrogen-bond donors (Lipinski definition) is 1. The quantitative estimate of drug-likeness (QED) is 0.764. The van der Waals surface area contributed by atoms with Crippen LogP contribution in [0.5, 0.6) is 0 Å². The topological polar surface area (TPSA) is 32.9 Å². The molecule has 1 aromatic carbocycles. The first-order chi connectivity index (χ1) is 8.00. The molecule has 6 heteroatoms. The normalized spacial score (nSPS) is 10.6. The third-order valence-corrected chi connectivity index (χ3v) is 3.62. The second-order valence-corrected chi connectivity index (χ2v) is 4.88. The van der Waals surface area contributed by atoms with Crippen molar-refractivity contribution in [2.24, 2.45) is 0 Å². The highest BCUT2D eigenvalue weighted by molar-refractivity contribution is 6.46. The highest BCUT2D eigenvalue weighted by Crippen LogP contribution is 2.40. The van der Waals surface area contributed by atoms with Gasteiger partial charge in [-0.3, -0.25) is 4.79 Å². The van der Waals surface area contributed by atoms with Crippen molar-refractivity contribution in [2.75, 3.05) is 0 Å². The molecule has 0 unspecified atom stereocenters. The fourth-order valence-corrected chi connectivity index (χ4v) is 2.35. The van der Waals surface area contributed by atoms with Gasteiger partial charge < -0.3 is 4.98 Å². The van der Waals surface area contributed by atoms with Gasteiger partial charge in [-0.25, -0.2) is 0 Å². The molecule has 2 nitrogen and oxygen atoms in total. The van der Waals surface area contributed by atoms with E-state index in [1.165, 1.54) is 12.3 Å². The molecular formula is C11H5Cl4NO. The maximum Gasteiger partial charge on any atom is 0.248 e. The monoisotopic (exact) mass is 307 g/mol. The smallest absolute Gasteiger partial charge is 0.248 e. The lowest BCUT2D eigenvalue weighted by atomic mass is 10.1. The minimum absolute atomic E-state index is 0.270. The summed E-state index contributed by atoms with van der Waals surface area (Å²) in [5, 5.41) is 1.34. The van der Waals surface area contributed by atoms with Crippen molar-refractivity contribution < 1.29 is 0 Å². The Morgan fingerprint density at radius 3 is 2.29 bits per heavy atom. The summed E-state index contributed by atoms with van der Waals surface area (Å²) in [5.74, 6) is 0. The molecule has 2 rings (SSSR count). The van der Waals surface area contributed by atoms with Gasteiger partial charge in [0, 0.05) is 23.4 Å². The van der Waals surface area contributed by atoms with Gasteiger partial charge in [-0.15, -0.1) is 0 Å². The van der Waals surface area contributed by atoms with E-state index < -0.39 is 0 Å². The predicted molar refractivity (Wildman–Crippen MR) is 72.5 cm³/mol. The van der Waals surface area contributed by atoms with Crippen molar-refractivity contribution in [1.29, 1.82) is 0 Å². The van der Waals surface area contributed by atoms with Gasteiger partial charge in [-0.05, 0) is 12.1 Å². The molecule has 0 aliphatic heterocycles. The van der Waals surface area contributed by atoms with E-state index in [1.54, 1.807) is 12.1 Å². The average molecular weight is 309 g/mol. The van der Waals surface area contributed by atoms with E-state index in [0.717, 1.165) is 0 Å². The van der Waals surface area contributed by atoms with Crippen LogP contribution in [0.1, 0.15) is 0 Å². The summed E-state index contributed by atoms with van der Waals surface area (Å²) in [7, 11) is 0. The predicted octanol–water partition coefficient (Wildman–Crippen LogP) is 4.66. The summed E-state index contributed by atoms with van der Waals surface area (Å²) in [6.45, 7) is 0. The van der Waals surface area contributed by atoms with E-state index in [4.69, 9.17) is 46.4 Å². The Bertz CT molecular complexity index is 636. The highest BCUT2D eigenvalue weighted by atomic mass is 35.5. The molecule has 0 fully saturated rings. The molecule has 0 saturated carbocycles. The highest BCUT2D eigenvalue weighted by Gasteiger charge is 2.14. The Balaban J connectivity index is 2.81. The van der Waals surface area contributed by atoms with Crippen LogP contribution in [0.15, 0.2) is 29.2 Å². The molecule has 0 amide bonds. The van der Waals surface area contributed by atoms with Gasteiger partial charge >= 0.3 is 0 Å². The van der Waals surface area contributed by atoms with Gasteiger partial charge in [-0.1, -0.05) is 46.4 Å². The molecule has 0 spiro atoms. The number of aromatic nitrogens is 1. The van der Waals surface area contributed by atoms with Crippen LogP contribution < -0.4 is 5.56 Å². The zero-order chi connectivity index (χ0) is 12.6. The number of aromatic amines is 1. The number of H-pyrrole nitrogens is 1. The molecule has 0 radical (unpaired) electrons. The first-order valence-electron chi connectivity index (χ1n) is 4.53. The summed E-state index contributed by atoms with van der Waals surface area (Å²) in [5.41, 5.74) is 0.612. The van der Waals surface area contributed by atoms with Crippen LogP contribution in [-0.2, 0) is 0 Å². The second kappa shape index (κ2) is 4.91. The first kappa shape index (κ1) is 12.8. The second-order valence-electron chi connectivity index (χ2n) is 3.28. The Kier molecular flexibility index (Phi) is 3.69. The third-order valence-electron chi connectivity index (χ3n) is 2.19. The molecule has 0 aliphatic rings. The molecule has 0 bridgehead atoms. The van der Waals surface area contributed by atoms with Crippen molar-refractivity contribution in [3.63, 3.8) is 0 Å². The summed E-state index contributed by atoms with van der Waals surface area (Å²) >= 11 is 24.0. The van der Waals surface area contributed by atoms with E-state index in [1.807, 2.05) is 0 Å². The van der Waals surface area contributed by atoms with Crippen LogP contribution in [0, 0.1) is 0 Å². The van der Waals surface area contributed by atoms with Crippen molar-refractivity contribution in [3.05, 3.63) is 54.8 Å². The van der Waals surface area contributed by atoms with Gasteiger partial charge in [-0.2, -0.15) is 0 Å². The van der Waals surface area contributed by atoms with Crippen LogP contribution in [0.3, 0.4) is 0 Å². The maximum absolute atomic E-state index is 11.3. The van der Waals surface area contributed by atoms with Gasteiger partial charge in [0.15, 0.2) is 0 Å². The van der Waals surface area contributed by atoms with Crippen molar-refractivity contribution in [2.45, 2.75) is 0 Å². The Morgan fingerprint density at radius 1 is 0.941 bits per heavy atom. The zero-order valence-corrected chi connectivity index (χ0v) is 11.3. The van der Waals surface area contributed by atoms with E-state index in [-0.39, 0.29) is 10.6 Å². The summed E-state index contributed by atoms with van der Waals surface area (Å²) in [6.07, 6.45) is 1.38. The lowest BCUT2D eigenvalue weighted by Crippen LogP contribution is -2.03. The molecule has 1 N–H and O–H groups in total. The molecule has 0 aliphatic carbocycles. The maximum atomic E-state index is 11.3. The number of halogens is 4. The van der Waals surface area contributed by atoms with Gasteiger partial charge in [0.05, 0.1) is 20.1 Å². The molecule has 2 aromatic rings.